The molecule has 0 atom stereocenters. The average molecular weight is 255 g/mol. The molecule has 1 rings (SSSR count). The summed E-state index contributed by atoms with van der Waals surface area (Å²) in [4.78, 5) is 17.3. The molecule has 0 aromatic carbocycles. The van der Waals surface area contributed by atoms with Gasteiger partial charge in [-0.1, -0.05) is 0 Å². The molecule has 1 aromatic heterocycles. The third-order valence-electron chi connectivity index (χ3n) is 1.48. The van der Waals surface area contributed by atoms with Crippen LogP contribution in [0, 0.1) is 24.6 Å². The lowest BCUT2D eigenvalue weighted by Gasteiger charge is -2.00. The highest BCUT2D eigenvalue weighted by Crippen LogP contribution is 2.01. The number of rotatable bonds is 1. The van der Waals surface area contributed by atoms with Crippen LogP contribution in [0.25, 0.3) is 0 Å². The number of halogens is 1. The normalized spacial score (nSPS) is 8.79. The van der Waals surface area contributed by atoms with Crippen molar-refractivity contribution in [1.29, 1.82) is 0 Å². The molecular weight excluding hydrogens is 248 g/mol. The molecule has 0 aliphatic rings. The number of hydrogen-bond donors (Lipinski definition) is 1. The van der Waals surface area contributed by atoms with Gasteiger partial charge in [0.15, 0.2) is 0 Å². The fourth-order valence-corrected chi connectivity index (χ4v) is 0.866. The summed E-state index contributed by atoms with van der Waals surface area (Å²) < 4.78 is 0. The number of carbonyl (C=O) groups excluding carboxylic acids is 1. The molecule has 1 amide bonds. The monoisotopic (exact) mass is 254 g/mol. The zero-order valence-corrected chi connectivity index (χ0v) is 9.21. The summed E-state index contributed by atoms with van der Waals surface area (Å²) in [7, 11) is 0. The first-order chi connectivity index (χ1) is 6.63. The molecule has 0 saturated heterocycles. The first-order valence-corrected chi connectivity index (χ1v) is 4.53. The van der Waals surface area contributed by atoms with E-state index < -0.39 is 5.91 Å². The third-order valence-corrected chi connectivity index (χ3v) is 1.68. The van der Waals surface area contributed by atoms with Crippen molar-refractivity contribution in [3.8, 4) is 10.8 Å². The molecule has 6 heteroatoms. The van der Waals surface area contributed by atoms with Crippen LogP contribution in [0.3, 0.4) is 0 Å². The van der Waals surface area contributed by atoms with Crippen molar-refractivity contribution in [3.05, 3.63) is 11.4 Å². The van der Waals surface area contributed by atoms with E-state index in [-0.39, 0.29) is 5.95 Å². The maximum Gasteiger partial charge on any atom is 0.303 e. The fraction of sp³-hybridized carbons (Fsp3) is 0.250. The van der Waals surface area contributed by atoms with Crippen LogP contribution < -0.4 is 5.32 Å². The Hall–Kier alpha value is -1.48. The van der Waals surface area contributed by atoms with Crippen molar-refractivity contribution in [2.75, 3.05) is 5.32 Å². The Morgan fingerprint density at radius 3 is 2.64 bits per heavy atom. The largest absolute Gasteiger partial charge is 0.303 e. The summed E-state index contributed by atoms with van der Waals surface area (Å²) in [5.74, 6) is 1.92. The van der Waals surface area contributed by atoms with Crippen LogP contribution in [0.4, 0.5) is 5.95 Å². The minimum atomic E-state index is -0.480. The van der Waals surface area contributed by atoms with Crippen LogP contribution in [0.2, 0.25) is 0 Å². The first kappa shape index (κ1) is 10.6. The van der Waals surface area contributed by atoms with Gasteiger partial charge in [0.25, 0.3) is 0 Å². The standard InChI is InChI=1S/C8H7BrN4O/c1-5-6(2)12-13-8(10-5)11-7(14)3-4-9/h1-2H3,(H,10,11,13,14). The number of nitrogens with zero attached hydrogens (tertiary/aromatic N) is 3. The van der Waals surface area contributed by atoms with E-state index in [1.807, 2.05) is 0 Å². The van der Waals surface area contributed by atoms with Gasteiger partial charge in [-0.15, -0.1) is 5.10 Å². The lowest BCUT2D eigenvalue weighted by Crippen LogP contribution is -2.13. The van der Waals surface area contributed by atoms with Crippen LogP contribution in [-0.4, -0.2) is 21.1 Å². The number of aryl methyl sites for hydroxylation is 2. The zero-order chi connectivity index (χ0) is 10.6. The van der Waals surface area contributed by atoms with Gasteiger partial charge in [0, 0.05) is 21.9 Å². The van der Waals surface area contributed by atoms with Crippen LogP contribution in [0.5, 0.6) is 0 Å². The van der Waals surface area contributed by atoms with E-state index in [0.717, 1.165) is 11.4 Å². The predicted octanol–water partition coefficient (Wildman–Crippen LogP) is 0.783. The Morgan fingerprint density at radius 2 is 2.07 bits per heavy atom. The number of amides is 1. The van der Waals surface area contributed by atoms with Crippen LogP contribution in [0.15, 0.2) is 0 Å². The fourth-order valence-electron chi connectivity index (χ4n) is 0.685. The molecule has 1 N–H and O–H groups in total. The highest BCUT2D eigenvalue weighted by Gasteiger charge is 2.03. The molecule has 0 radical (unpaired) electrons. The van der Waals surface area contributed by atoms with Gasteiger partial charge >= 0.3 is 5.91 Å². The lowest BCUT2D eigenvalue weighted by atomic mass is 10.4. The summed E-state index contributed by atoms with van der Waals surface area (Å²) in [6.07, 6.45) is 0. The van der Waals surface area contributed by atoms with E-state index in [1.165, 1.54) is 0 Å². The molecule has 1 aromatic rings. The highest BCUT2D eigenvalue weighted by molar-refractivity contribution is 9.12. The van der Waals surface area contributed by atoms with Crippen molar-refractivity contribution in [3.63, 3.8) is 0 Å². The summed E-state index contributed by atoms with van der Waals surface area (Å²) >= 11 is 2.81. The van der Waals surface area contributed by atoms with Gasteiger partial charge in [0.1, 0.15) is 0 Å². The van der Waals surface area contributed by atoms with E-state index in [9.17, 15) is 4.79 Å². The molecule has 1 heterocycles. The zero-order valence-electron chi connectivity index (χ0n) is 7.63. The van der Waals surface area contributed by atoms with Gasteiger partial charge in [0.2, 0.25) is 5.95 Å². The number of nitrogens with one attached hydrogen (secondary N) is 1. The summed E-state index contributed by atoms with van der Waals surface area (Å²) in [6.45, 7) is 3.58. The van der Waals surface area contributed by atoms with Gasteiger partial charge in [-0.3, -0.25) is 10.1 Å². The molecule has 0 aliphatic heterocycles. The molecule has 0 spiro atoms. The second-order valence-electron chi connectivity index (χ2n) is 2.48. The number of aromatic nitrogens is 3. The molecular formula is C8H7BrN4O. The lowest BCUT2D eigenvalue weighted by molar-refractivity contribution is -0.111. The van der Waals surface area contributed by atoms with Crippen LogP contribution in [0.1, 0.15) is 11.4 Å². The second kappa shape index (κ2) is 4.67. The van der Waals surface area contributed by atoms with Crippen molar-refractivity contribution in [1.82, 2.24) is 15.2 Å². The topological polar surface area (TPSA) is 67.8 Å². The Bertz CT molecular complexity index is 421. The van der Waals surface area contributed by atoms with Crippen molar-refractivity contribution in [2.45, 2.75) is 13.8 Å². The smallest absolute Gasteiger partial charge is 0.282 e. The Balaban J connectivity index is 2.81. The molecule has 0 aliphatic carbocycles. The first-order valence-electron chi connectivity index (χ1n) is 3.74. The van der Waals surface area contributed by atoms with Crippen molar-refractivity contribution < 1.29 is 4.79 Å². The maximum absolute atomic E-state index is 11.0. The summed E-state index contributed by atoms with van der Waals surface area (Å²) in [5.41, 5.74) is 1.46. The number of anilines is 1. The van der Waals surface area contributed by atoms with E-state index >= 15 is 0 Å². The van der Waals surface area contributed by atoms with Gasteiger partial charge < -0.3 is 0 Å². The molecule has 5 nitrogen and oxygen atoms in total. The van der Waals surface area contributed by atoms with Gasteiger partial charge in [0.05, 0.1) is 11.4 Å². The van der Waals surface area contributed by atoms with E-state index in [4.69, 9.17) is 0 Å². The van der Waals surface area contributed by atoms with E-state index in [1.54, 1.807) is 13.8 Å². The highest BCUT2D eigenvalue weighted by atomic mass is 79.9. The van der Waals surface area contributed by atoms with Crippen molar-refractivity contribution in [2.24, 2.45) is 0 Å². The van der Waals surface area contributed by atoms with E-state index in [0.29, 0.717) is 0 Å². The number of hydrogen-bond acceptors (Lipinski definition) is 4. The third kappa shape index (κ3) is 2.78. The minimum absolute atomic E-state index is 0.161. The van der Waals surface area contributed by atoms with Gasteiger partial charge in [-0.05, 0) is 18.7 Å². The van der Waals surface area contributed by atoms with Crippen LogP contribution >= 0.6 is 15.9 Å². The second-order valence-corrected chi connectivity index (χ2v) is 2.88. The summed E-state index contributed by atoms with van der Waals surface area (Å²) in [6, 6.07) is 0. The van der Waals surface area contributed by atoms with E-state index in [2.05, 4.69) is 47.2 Å². The molecule has 0 bridgehead atoms. The SMILES string of the molecule is Cc1nnc(NC(=O)C#CBr)nc1C. The quantitative estimate of drug-likeness (QED) is 0.753. The van der Waals surface area contributed by atoms with Gasteiger partial charge in [-0.25, -0.2) is 4.98 Å². The maximum atomic E-state index is 11.0. The summed E-state index contributed by atoms with van der Waals surface area (Å²) in [5, 5.41) is 9.87. The molecule has 0 unspecified atom stereocenters. The minimum Gasteiger partial charge on any atom is -0.282 e. The Labute approximate surface area is 89.5 Å². The Kier molecular flexibility index (Phi) is 3.54. The van der Waals surface area contributed by atoms with Gasteiger partial charge in [-0.2, -0.15) is 5.10 Å². The molecule has 0 fully saturated rings. The predicted molar refractivity (Wildman–Crippen MR) is 54.6 cm³/mol. The average Bonchev–Trinajstić information content (AvgIpc) is 2.12. The molecule has 14 heavy (non-hydrogen) atoms. The Morgan fingerprint density at radius 1 is 1.36 bits per heavy atom. The van der Waals surface area contributed by atoms with Crippen LogP contribution in [-0.2, 0) is 4.79 Å². The number of carbonyl (C=O) groups is 1. The molecule has 72 valence electrons. The van der Waals surface area contributed by atoms with Crippen molar-refractivity contribution >= 4 is 27.8 Å². The molecule has 0 saturated carbocycles.